The summed E-state index contributed by atoms with van der Waals surface area (Å²) in [4.78, 5) is 39.9. The zero-order chi connectivity index (χ0) is 23.3. The van der Waals surface area contributed by atoms with E-state index in [0.717, 1.165) is 4.90 Å². The molecule has 2 aromatic carbocycles. The van der Waals surface area contributed by atoms with Crippen LogP contribution in [0.15, 0.2) is 48.5 Å². The predicted octanol–water partition coefficient (Wildman–Crippen LogP) is 1.65. The molecule has 1 heterocycles. The first kappa shape index (κ1) is 23.1. The molecule has 2 aromatic rings. The molecule has 1 saturated heterocycles. The molecule has 3 rings (SSSR count). The van der Waals surface area contributed by atoms with E-state index in [1.54, 1.807) is 69.7 Å². The molecule has 32 heavy (non-hydrogen) atoms. The summed E-state index contributed by atoms with van der Waals surface area (Å²) < 4.78 is 15.4. The van der Waals surface area contributed by atoms with E-state index in [9.17, 15) is 14.4 Å². The standard InChI is InChI=1S/C23H27N3O6/c1-15(14-30-2)24-20(27)13-26-21(28)23(25-22(26)29,16-5-9-18(31-3)10-6-16)17-7-11-19(32-4)12-8-17/h5-12,15H,13-14H2,1-4H3,(H,24,27)(H,25,29). The van der Waals surface area contributed by atoms with Crippen molar-refractivity contribution in [3.05, 3.63) is 59.7 Å². The van der Waals surface area contributed by atoms with Crippen molar-refractivity contribution in [3.8, 4) is 11.5 Å². The van der Waals surface area contributed by atoms with Crippen molar-refractivity contribution < 1.29 is 28.6 Å². The molecule has 1 fully saturated rings. The van der Waals surface area contributed by atoms with Crippen LogP contribution in [0.1, 0.15) is 18.1 Å². The Labute approximate surface area is 186 Å². The van der Waals surface area contributed by atoms with Gasteiger partial charge in [-0.25, -0.2) is 4.79 Å². The number of amides is 4. The van der Waals surface area contributed by atoms with E-state index >= 15 is 0 Å². The minimum Gasteiger partial charge on any atom is -0.497 e. The predicted molar refractivity (Wildman–Crippen MR) is 116 cm³/mol. The average molecular weight is 441 g/mol. The first-order valence-corrected chi connectivity index (χ1v) is 10.1. The van der Waals surface area contributed by atoms with Crippen LogP contribution < -0.4 is 20.1 Å². The number of carbonyl (C=O) groups is 3. The van der Waals surface area contributed by atoms with E-state index in [-0.39, 0.29) is 6.04 Å². The number of hydrogen-bond donors (Lipinski definition) is 2. The molecule has 9 nitrogen and oxygen atoms in total. The number of methoxy groups -OCH3 is 3. The summed E-state index contributed by atoms with van der Waals surface area (Å²) >= 11 is 0. The lowest BCUT2D eigenvalue weighted by Gasteiger charge is -2.28. The third-order valence-electron chi connectivity index (χ3n) is 5.28. The minimum atomic E-state index is -1.49. The molecule has 0 radical (unpaired) electrons. The van der Waals surface area contributed by atoms with Crippen molar-refractivity contribution in [2.75, 3.05) is 34.5 Å². The summed E-state index contributed by atoms with van der Waals surface area (Å²) in [5.74, 6) is 0.211. The van der Waals surface area contributed by atoms with Gasteiger partial charge < -0.3 is 24.8 Å². The number of hydrogen-bond acceptors (Lipinski definition) is 6. The number of nitrogens with zero attached hydrogens (tertiary/aromatic N) is 1. The number of urea groups is 1. The molecule has 1 aliphatic rings. The van der Waals surface area contributed by atoms with Crippen LogP contribution in [0.3, 0.4) is 0 Å². The quantitative estimate of drug-likeness (QED) is 0.573. The Hall–Kier alpha value is -3.59. The summed E-state index contributed by atoms with van der Waals surface area (Å²) in [7, 11) is 4.61. The van der Waals surface area contributed by atoms with Gasteiger partial charge in [0.15, 0.2) is 5.54 Å². The van der Waals surface area contributed by atoms with Gasteiger partial charge in [0.25, 0.3) is 5.91 Å². The summed E-state index contributed by atoms with van der Waals surface area (Å²) in [5.41, 5.74) is -0.413. The molecule has 0 bridgehead atoms. The molecule has 9 heteroatoms. The fourth-order valence-corrected chi connectivity index (χ4v) is 3.72. The Kier molecular flexibility index (Phi) is 6.99. The second kappa shape index (κ2) is 9.69. The van der Waals surface area contributed by atoms with Crippen molar-refractivity contribution >= 4 is 17.8 Å². The van der Waals surface area contributed by atoms with Crippen LogP contribution in [0.25, 0.3) is 0 Å². The smallest absolute Gasteiger partial charge is 0.326 e. The fourth-order valence-electron chi connectivity index (χ4n) is 3.72. The highest BCUT2D eigenvalue weighted by Gasteiger charge is 2.54. The molecule has 1 atom stereocenters. The first-order chi connectivity index (χ1) is 15.3. The molecule has 1 unspecified atom stereocenters. The topological polar surface area (TPSA) is 106 Å². The third-order valence-corrected chi connectivity index (χ3v) is 5.28. The molecule has 1 aliphatic heterocycles. The number of imide groups is 1. The van der Waals surface area contributed by atoms with Crippen LogP contribution in [0, 0.1) is 0 Å². The number of carbonyl (C=O) groups excluding carboxylic acids is 3. The second-order valence-electron chi connectivity index (χ2n) is 7.45. The molecule has 2 N–H and O–H groups in total. The highest BCUT2D eigenvalue weighted by Crippen LogP contribution is 2.37. The van der Waals surface area contributed by atoms with Crippen molar-refractivity contribution in [3.63, 3.8) is 0 Å². The van der Waals surface area contributed by atoms with Crippen LogP contribution >= 0.6 is 0 Å². The van der Waals surface area contributed by atoms with Gasteiger partial charge in [0.1, 0.15) is 18.0 Å². The van der Waals surface area contributed by atoms with Crippen LogP contribution in [0.4, 0.5) is 4.79 Å². The zero-order valence-electron chi connectivity index (χ0n) is 18.5. The van der Waals surface area contributed by atoms with Crippen molar-refractivity contribution in [2.45, 2.75) is 18.5 Å². The van der Waals surface area contributed by atoms with Gasteiger partial charge >= 0.3 is 6.03 Å². The SMILES string of the molecule is COCC(C)NC(=O)CN1C(=O)NC(c2ccc(OC)cc2)(c2ccc(OC)cc2)C1=O. The Morgan fingerprint density at radius 2 is 1.47 bits per heavy atom. The molecule has 0 aromatic heterocycles. The second-order valence-corrected chi connectivity index (χ2v) is 7.45. The van der Waals surface area contributed by atoms with Crippen LogP contribution in [-0.4, -0.2) is 63.3 Å². The molecule has 4 amide bonds. The van der Waals surface area contributed by atoms with E-state index < -0.39 is 29.9 Å². The lowest BCUT2D eigenvalue weighted by atomic mass is 9.82. The molecular formula is C23H27N3O6. The number of nitrogens with one attached hydrogen (secondary N) is 2. The summed E-state index contributed by atoms with van der Waals surface area (Å²) in [5, 5.41) is 5.52. The Bertz CT molecular complexity index is 927. The normalized spacial score (nSPS) is 15.8. The Morgan fingerprint density at radius 1 is 0.969 bits per heavy atom. The third kappa shape index (κ3) is 4.38. The number of ether oxygens (including phenoxy) is 3. The van der Waals surface area contributed by atoms with Crippen LogP contribution in [0.5, 0.6) is 11.5 Å². The number of rotatable bonds is 9. The van der Waals surface area contributed by atoms with Gasteiger partial charge in [-0.3, -0.25) is 14.5 Å². The molecule has 0 spiro atoms. The monoisotopic (exact) mass is 441 g/mol. The lowest BCUT2D eigenvalue weighted by Crippen LogP contribution is -2.47. The van der Waals surface area contributed by atoms with Gasteiger partial charge in [0.05, 0.1) is 20.8 Å². The molecule has 0 aliphatic carbocycles. The van der Waals surface area contributed by atoms with E-state index in [1.165, 1.54) is 7.11 Å². The molecular weight excluding hydrogens is 414 g/mol. The highest BCUT2D eigenvalue weighted by molar-refractivity contribution is 6.11. The maximum Gasteiger partial charge on any atom is 0.326 e. The van der Waals surface area contributed by atoms with E-state index in [1.807, 2.05) is 0 Å². The first-order valence-electron chi connectivity index (χ1n) is 10.1. The van der Waals surface area contributed by atoms with E-state index in [4.69, 9.17) is 14.2 Å². The van der Waals surface area contributed by atoms with Crippen molar-refractivity contribution in [2.24, 2.45) is 0 Å². The Balaban J connectivity index is 1.98. The number of benzene rings is 2. The van der Waals surface area contributed by atoms with E-state index in [2.05, 4.69) is 10.6 Å². The average Bonchev–Trinajstić information content (AvgIpc) is 3.04. The van der Waals surface area contributed by atoms with Crippen molar-refractivity contribution in [1.29, 1.82) is 0 Å². The van der Waals surface area contributed by atoms with Gasteiger partial charge in [-0.05, 0) is 42.3 Å². The zero-order valence-corrected chi connectivity index (χ0v) is 18.5. The highest BCUT2D eigenvalue weighted by atomic mass is 16.5. The molecule has 170 valence electrons. The lowest BCUT2D eigenvalue weighted by molar-refractivity contribution is -0.134. The van der Waals surface area contributed by atoms with Gasteiger partial charge in [0.2, 0.25) is 5.91 Å². The maximum absolute atomic E-state index is 13.7. The van der Waals surface area contributed by atoms with Gasteiger partial charge in [0, 0.05) is 13.2 Å². The van der Waals surface area contributed by atoms with Gasteiger partial charge in [-0.1, -0.05) is 24.3 Å². The maximum atomic E-state index is 13.7. The largest absolute Gasteiger partial charge is 0.497 e. The van der Waals surface area contributed by atoms with E-state index in [0.29, 0.717) is 29.2 Å². The van der Waals surface area contributed by atoms with Crippen LogP contribution in [0.2, 0.25) is 0 Å². The summed E-state index contributed by atoms with van der Waals surface area (Å²) in [6.45, 7) is 1.67. The summed E-state index contributed by atoms with van der Waals surface area (Å²) in [6.07, 6.45) is 0. The van der Waals surface area contributed by atoms with Gasteiger partial charge in [-0.2, -0.15) is 0 Å². The van der Waals surface area contributed by atoms with Crippen molar-refractivity contribution in [1.82, 2.24) is 15.5 Å². The van der Waals surface area contributed by atoms with Gasteiger partial charge in [-0.15, -0.1) is 0 Å². The summed E-state index contributed by atoms with van der Waals surface area (Å²) in [6, 6.07) is 12.8. The Morgan fingerprint density at radius 3 is 1.91 bits per heavy atom. The minimum absolute atomic E-state index is 0.263. The molecule has 0 saturated carbocycles. The van der Waals surface area contributed by atoms with Crippen LogP contribution in [-0.2, 0) is 19.9 Å². The fraction of sp³-hybridized carbons (Fsp3) is 0.348.